The van der Waals surface area contributed by atoms with Crippen LogP contribution in [-0.2, 0) is 13.0 Å². The van der Waals surface area contributed by atoms with Crippen LogP contribution in [0.5, 0.6) is 0 Å². The van der Waals surface area contributed by atoms with Crippen LogP contribution in [0.25, 0.3) is 11.3 Å². The lowest BCUT2D eigenvalue weighted by atomic mass is 10.0. The van der Waals surface area contributed by atoms with Gasteiger partial charge >= 0.3 is 0 Å². The molecule has 0 radical (unpaired) electrons. The fraction of sp³-hybridized carbons (Fsp3) is 0.471. The van der Waals surface area contributed by atoms with E-state index >= 15 is 0 Å². The zero-order valence-electron chi connectivity index (χ0n) is 12.2. The minimum Gasteiger partial charge on any atom is -0.308 e. The van der Waals surface area contributed by atoms with Gasteiger partial charge in [-0.1, -0.05) is 38.1 Å². The zero-order chi connectivity index (χ0) is 13.9. The number of thiazole rings is 1. The second kappa shape index (κ2) is 6.06. The van der Waals surface area contributed by atoms with Gasteiger partial charge in [-0.2, -0.15) is 0 Å². The van der Waals surface area contributed by atoms with Crippen LogP contribution in [0.3, 0.4) is 0 Å². The predicted molar refractivity (Wildman–Crippen MR) is 86.0 cm³/mol. The third kappa shape index (κ3) is 3.68. The zero-order valence-corrected chi connectivity index (χ0v) is 13.0. The Morgan fingerprint density at radius 2 is 2.00 bits per heavy atom. The van der Waals surface area contributed by atoms with Crippen molar-refractivity contribution in [3.05, 3.63) is 40.2 Å². The van der Waals surface area contributed by atoms with Crippen molar-refractivity contribution >= 4 is 11.3 Å². The first-order valence-electron chi connectivity index (χ1n) is 7.48. The molecule has 3 heteroatoms. The lowest BCUT2D eigenvalue weighted by Gasteiger charge is -2.05. The molecule has 1 saturated carbocycles. The van der Waals surface area contributed by atoms with Gasteiger partial charge in [0.05, 0.1) is 5.69 Å². The molecule has 1 aliphatic carbocycles. The molecule has 0 spiro atoms. The molecule has 1 heterocycles. The Hall–Kier alpha value is -1.19. The number of aromatic nitrogens is 1. The van der Waals surface area contributed by atoms with Crippen LogP contribution >= 0.6 is 11.3 Å². The fourth-order valence-electron chi connectivity index (χ4n) is 2.33. The maximum absolute atomic E-state index is 4.73. The summed E-state index contributed by atoms with van der Waals surface area (Å²) in [5.74, 6) is 0.709. The van der Waals surface area contributed by atoms with Gasteiger partial charge in [0, 0.05) is 23.5 Å². The Balaban J connectivity index is 1.65. The highest BCUT2D eigenvalue weighted by Crippen LogP contribution is 2.24. The van der Waals surface area contributed by atoms with E-state index in [-0.39, 0.29) is 0 Å². The molecular weight excluding hydrogens is 264 g/mol. The second-order valence-corrected chi connectivity index (χ2v) is 7.02. The number of nitrogens with zero attached hydrogens (tertiary/aromatic N) is 1. The van der Waals surface area contributed by atoms with Gasteiger partial charge in [0.1, 0.15) is 5.01 Å². The van der Waals surface area contributed by atoms with Gasteiger partial charge < -0.3 is 5.32 Å². The van der Waals surface area contributed by atoms with Gasteiger partial charge in [0.2, 0.25) is 0 Å². The van der Waals surface area contributed by atoms with Crippen LogP contribution in [0.1, 0.15) is 37.3 Å². The van der Waals surface area contributed by atoms with Crippen molar-refractivity contribution in [1.29, 1.82) is 0 Å². The third-order valence-electron chi connectivity index (χ3n) is 3.56. The number of benzene rings is 1. The lowest BCUT2D eigenvalue weighted by Crippen LogP contribution is -2.14. The van der Waals surface area contributed by atoms with E-state index in [1.165, 1.54) is 29.0 Å². The van der Waals surface area contributed by atoms with Crippen LogP contribution < -0.4 is 5.32 Å². The van der Waals surface area contributed by atoms with E-state index in [0.29, 0.717) is 5.92 Å². The summed E-state index contributed by atoms with van der Waals surface area (Å²) in [6.07, 6.45) is 3.80. The highest BCUT2D eigenvalue weighted by molar-refractivity contribution is 7.09. The molecular formula is C17H22N2S. The first-order chi connectivity index (χ1) is 9.70. The predicted octanol–water partition coefficient (Wildman–Crippen LogP) is 4.26. The van der Waals surface area contributed by atoms with Crippen molar-refractivity contribution in [3.8, 4) is 11.3 Å². The maximum Gasteiger partial charge on any atom is 0.107 e. The largest absolute Gasteiger partial charge is 0.308 e. The summed E-state index contributed by atoms with van der Waals surface area (Å²) in [7, 11) is 0. The van der Waals surface area contributed by atoms with E-state index in [4.69, 9.17) is 4.98 Å². The Labute approximate surface area is 125 Å². The van der Waals surface area contributed by atoms with E-state index < -0.39 is 0 Å². The SMILES string of the molecule is CC(C)Cc1ccc(-c2csc(CNC3CC3)n2)cc1. The molecule has 0 atom stereocenters. The van der Waals surface area contributed by atoms with Crippen molar-refractivity contribution in [2.75, 3.05) is 0 Å². The summed E-state index contributed by atoms with van der Waals surface area (Å²) in [4.78, 5) is 4.73. The van der Waals surface area contributed by atoms with Crippen molar-refractivity contribution in [3.63, 3.8) is 0 Å². The average Bonchev–Trinajstić information content (AvgIpc) is 3.14. The highest BCUT2D eigenvalue weighted by Gasteiger charge is 2.20. The molecule has 0 aliphatic heterocycles. The summed E-state index contributed by atoms with van der Waals surface area (Å²) >= 11 is 1.76. The first kappa shape index (κ1) is 13.8. The van der Waals surface area contributed by atoms with E-state index in [9.17, 15) is 0 Å². The minimum atomic E-state index is 0.709. The minimum absolute atomic E-state index is 0.709. The van der Waals surface area contributed by atoms with Crippen LogP contribution in [-0.4, -0.2) is 11.0 Å². The van der Waals surface area contributed by atoms with E-state index in [0.717, 1.165) is 24.7 Å². The third-order valence-corrected chi connectivity index (χ3v) is 4.41. The first-order valence-corrected chi connectivity index (χ1v) is 8.36. The Bertz CT molecular complexity index is 553. The van der Waals surface area contributed by atoms with Gasteiger partial charge in [-0.15, -0.1) is 11.3 Å². The number of hydrogen-bond donors (Lipinski definition) is 1. The van der Waals surface area contributed by atoms with Crippen molar-refractivity contribution in [2.45, 2.75) is 45.7 Å². The van der Waals surface area contributed by atoms with Crippen molar-refractivity contribution < 1.29 is 0 Å². The molecule has 0 saturated heterocycles. The summed E-state index contributed by atoms with van der Waals surface area (Å²) in [6.45, 7) is 5.43. The molecule has 20 heavy (non-hydrogen) atoms. The number of nitrogens with one attached hydrogen (secondary N) is 1. The second-order valence-electron chi connectivity index (χ2n) is 6.08. The molecule has 1 aromatic heterocycles. The molecule has 0 bridgehead atoms. The number of rotatable bonds is 6. The fourth-order valence-corrected chi connectivity index (χ4v) is 3.08. The summed E-state index contributed by atoms with van der Waals surface area (Å²) in [5, 5.41) is 6.88. The Morgan fingerprint density at radius 1 is 1.25 bits per heavy atom. The molecule has 1 fully saturated rings. The molecule has 1 aliphatic rings. The van der Waals surface area contributed by atoms with E-state index in [1.54, 1.807) is 11.3 Å². The smallest absolute Gasteiger partial charge is 0.107 e. The molecule has 1 aromatic carbocycles. The van der Waals surface area contributed by atoms with Crippen molar-refractivity contribution in [2.24, 2.45) is 5.92 Å². The van der Waals surface area contributed by atoms with Crippen molar-refractivity contribution in [1.82, 2.24) is 10.3 Å². The van der Waals surface area contributed by atoms with E-state index in [2.05, 4.69) is 48.8 Å². The standard InChI is InChI=1S/C17H22N2S/c1-12(2)9-13-3-5-14(6-4-13)16-11-20-17(19-16)10-18-15-7-8-15/h3-6,11-12,15,18H,7-10H2,1-2H3. The van der Waals surface area contributed by atoms with Gasteiger partial charge in [-0.3, -0.25) is 0 Å². The molecule has 0 amide bonds. The summed E-state index contributed by atoms with van der Waals surface area (Å²) in [6, 6.07) is 9.61. The topological polar surface area (TPSA) is 24.9 Å². The van der Waals surface area contributed by atoms with Gasteiger partial charge in [0.25, 0.3) is 0 Å². The quantitative estimate of drug-likeness (QED) is 0.858. The molecule has 106 valence electrons. The molecule has 2 aromatic rings. The monoisotopic (exact) mass is 286 g/mol. The maximum atomic E-state index is 4.73. The van der Waals surface area contributed by atoms with Crippen LogP contribution in [0.4, 0.5) is 0 Å². The molecule has 2 nitrogen and oxygen atoms in total. The average molecular weight is 286 g/mol. The Morgan fingerprint density at radius 3 is 2.65 bits per heavy atom. The molecule has 3 rings (SSSR count). The van der Waals surface area contributed by atoms with Crippen LogP contribution in [0.2, 0.25) is 0 Å². The summed E-state index contributed by atoms with van der Waals surface area (Å²) < 4.78 is 0. The van der Waals surface area contributed by atoms with E-state index in [1.807, 2.05) is 0 Å². The normalized spacial score (nSPS) is 14.9. The highest BCUT2D eigenvalue weighted by atomic mass is 32.1. The molecule has 1 N–H and O–H groups in total. The lowest BCUT2D eigenvalue weighted by molar-refractivity contribution is 0.647. The molecule has 0 unspecified atom stereocenters. The van der Waals surface area contributed by atoms with Gasteiger partial charge in [-0.05, 0) is 30.7 Å². The van der Waals surface area contributed by atoms with Gasteiger partial charge in [-0.25, -0.2) is 4.98 Å². The van der Waals surface area contributed by atoms with Crippen LogP contribution in [0, 0.1) is 5.92 Å². The Kier molecular flexibility index (Phi) is 4.18. The number of hydrogen-bond acceptors (Lipinski definition) is 3. The van der Waals surface area contributed by atoms with Gasteiger partial charge in [0.15, 0.2) is 0 Å². The summed E-state index contributed by atoms with van der Waals surface area (Å²) in [5.41, 5.74) is 3.75. The van der Waals surface area contributed by atoms with Crippen LogP contribution in [0.15, 0.2) is 29.6 Å².